The molecule has 2 rings (SSSR count). The van der Waals surface area contributed by atoms with Crippen molar-refractivity contribution in [3.05, 3.63) is 35.1 Å². The van der Waals surface area contributed by atoms with Crippen LogP contribution in [0.15, 0.2) is 24.0 Å². The lowest BCUT2D eigenvalue weighted by atomic mass is 9.94. The number of hydrogen-bond donors (Lipinski definition) is 0. The second-order valence-corrected chi connectivity index (χ2v) is 3.69. The highest BCUT2D eigenvalue weighted by Gasteiger charge is 2.19. The van der Waals surface area contributed by atoms with Gasteiger partial charge in [0.1, 0.15) is 0 Å². The summed E-state index contributed by atoms with van der Waals surface area (Å²) in [5.74, 6) is 2.58. The summed E-state index contributed by atoms with van der Waals surface area (Å²) < 4.78 is 16.0. The molecule has 86 valence electrons. The Bertz CT molecular complexity index is 421. The van der Waals surface area contributed by atoms with Crippen LogP contribution >= 0.6 is 0 Å². The maximum Gasteiger partial charge on any atom is 0.164 e. The van der Waals surface area contributed by atoms with Crippen LogP contribution in [0.5, 0.6) is 11.5 Å². The molecule has 3 heteroatoms. The molecule has 0 aromatic heterocycles. The fourth-order valence-corrected chi connectivity index (χ4v) is 2.04. The van der Waals surface area contributed by atoms with Gasteiger partial charge in [0.25, 0.3) is 0 Å². The van der Waals surface area contributed by atoms with Gasteiger partial charge in [-0.2, -0.15) is 0 Å². The van der Waals surface area contributed by atoms with Gasteiger partial charge >= 0.3 is 0 Å². The van der Waals surface area contributed by atoms with E-state index in [-0.39, 0.29) is 0 Å². The van der Waals surface area contributed by atoms with Gasteiger partial charge in [0.05, 0.1) is 27.1 Å². The summed E-state index contributed by atoms with van der Waals surface area (Å²) in [6.45, 7) is 0. The number of hydrogen-bond acceptors (Lipinski definition) is 3. The summed E-state index contributed by atoms with van der Waals surface area (Å²) in [6.07, 6.45) is 3.76. The zero-order chi connectivity index (χ0) is 11.5. The lowest BCUT2D eigenvalue weighted by Gasteiger charge is -2.20. The van der Waals surface area contributed by atoms with Crippen molar-refractivity contribution in [3.63, 3.8) is 0 Å². The molecule has 0 atom stereocenters. The first-order valence-electron chi connectivity index (χ1n) is 5.26. The third-order valence-electron chi connectivity index (χ3n) is 2.91. The van der Waals surface area contributed by atoms with Gasteiger partial charge in [-0.3, -0.25) is 0 Å². The molecule has 0 bridgehead atoms. The van der Waals surface area contributed by atoms with Crippen molar-refractivity contribution in [1.29, 1.82) is 0 Å². The Morgan fingerprint density at radius 2 is 1.81 bits per heavy atom. The fourth-order valence-electron chi connectivity index (χ4n) is 2.04. The van der Waals surface area contributed by atoms with Gasteiger partial charge in [-0.15, -0.1) is 0 Å². The molecule has 0 saturated carbocycles. The van der Waals surface area contributed by atoms with Crippen LogP contribution in [0.25, 0.3) is 0 Å². The third-order valence-corrected chi connectivity index (χ3v) is 2.91. The molecular formula is C13H16O3. The summed E-state index contributed by atoms with van der Waals surface area (Å²) >= 11 is 0. The number of ether oxygens (including phenoxy) is 3. The Morgan fingerprint density at radius 3 is 2.44 bits per heavy atom. The molecule has 0 aliphatic heterocycles. The summed E-state index contributed by atoms with van der Waals surface area (Å²) in [5, 5.41) is 0. The average Bonchev–Trinajstić information content (AvgIpc) is 2.36. The number of benzene rings is 1. The number of methoxy groups -OCH3 is 3. The van der Waals surface area contributed by atoms with E-state index in [1.807, 2.05) is 6.07 Å². The van der Waals surface area contributed by atoms with Gasteiger partial charge in [-0.25, -0.2) is 0 Å². The van der Waals surface area contributed by atoms with E-state index in [0.29, 0.717) is 0 Å². The van der Waals surface area contributed by atoms with Gasteiger partial charge in [0, 0.05) is 12.0 Å². The lowest BCUT2D eigenvalue weighted by Crippen LogP contribution is -2.07. The maximum atomic E-state index is 5.42. The SMILES string of the molecule is COC1=CCc2ccc(OC)c(OC)c2C1. The van der Waals surface area contributed by atoms with Gasteiger partial charge in [-0.05, 0) is 24.1 Å². The first-order valence-corrected chi connectivity index (χ1v) is 5.26. The molecule has 0 saturated heterocycles. The van der Waals surface area contributed by atoms with E-state index in [0.717, 1.165) is 30.1 Å². The Balaban J connectivity index is 2.45. The van der Waals surface area contributed by atoms with Crippen molar-refractivity contribution < 1.29 is 14.2 Å². The van der Waals surface area contributed by atoms with Crippen molar-refractivity contribution in [2.24, 2.45) is 0 Å². The van der Waals surface area contributed by atoms with Crippen LogP contribution in [0.2, 0.25) is 0 Å². The predicted molar refractivity (Wildman–Crippen MR) is 62.0 cm³/mol. The van der Waals surface area contributed by atoms with Crippen LogP contribution in [0.1, 0.15) is 11.1 Å². The predicted octanol–water partition coefficient (Wildman–Crippen LogP) is 2.33. The Labute approximate surface area is 95.6 Å². The summed E-state index contributed by atoms with van der Waals surface area (Å²) in [5.41, 5.74) is 2.44. The normalized spacial score (nSPS) is 13.8. The van der Waals surface area contributed by atoms with Gasteiger partial charge < -0.3 is 14.2 Å². The topological polar surface area (TPSA) is 27.7 Å². The van der Waals surface area contributed by atoms with E-state index < -0.39 is 0 Å². The minimum Gasteiger partial charge on any atom is -0.501 e. The van der Waals surface area contributed by atoms with Crippen LogP contribution in [0, 0.1) is 0 Å². The van der Waals surface area contributed by atoms with E-state index in [9.17, 15) is 0 Å². The second kappa shape index (κ2) is 4.47. The smallest absolute Gasteiger partial charge is 0.164 e. The molecule has 0 spiro atoms. The second-order valence-electron chi connectivity index (χ2n) is 3.69. The van der Waals surface area contributed by atoms with Crippen LogP contribution < -0.4 is 9.47 Å². The molecule has 1 aliphatic rings. The van der Waals surface area contributed by atoms with Crippen molar-refractivity contribution >= 4 is 0 Å². The van der Waals surface area contributed by atoms with Crippen molar-refractivity contribution in [3.8, 4) is 11.5 Å². The average molecular weight is 220 g/mol. The summed E-state index contributed by atoms with van der Waals surface area (Å²) in [4.78, 5) is 0. The van der Waals surface area contributed by atoms with Crippen LogP contribution in [0.4, 0.5) is 0 Å². The van der Waals surface area contributed by atoms with Crippen molar-refractivity contribution in [2.45, 2.75) is 12.8 Å². The third kappa shape index (κ3) is 1.73. The summed E-state index contributed by atoms with van der Waals surface area (Å²) in [6, 6.07) is 4.03. The molecule has 1 aromatic rings. The molecule has 0 N–H and O–H groups in total. The molecule has 0 heterocycles. The van der Waals surface area contributed by atoms with E-state index in [4.69, 9.17) is 14.2 Å². The highest BCUT2D eigenvalue weighted by atomic mass is 16.5. The first-order chi connectivity index (χ1) is 7.80. The number of rotatable bonds is 3. The van der Waals surface area contributed by atoms with Gasteiger partial charge in [0.2, 0.25) is 0 Å². The molecule has 16 heavy (non-hydrogen) atoms. The Morgan fingerprint density at radius 1 is 1.00 bits per heavy atom. The van der Waals surface area contributed by atoms with Crippen molar-refractivity contribution in [2.75, 3.05) is 21.3 Å². The minimum absolute atomic E-state index is 0.770. The zero-order valence-electron chi connectivity index (χ0n) is 9.87. The molecule has 1 aliphatic carbocycles. The van der Waals surface area contributed by atoms with E-state index in [1.165, 1.54) is 11.1 Å². The first kappa shape index (κ1) is 10.9. The Kier molecular flexibility index (Phi) is 3.04. The monoisotopic (exact) mass is 220 g/mol. The quantitative estimate of drug-likeness (QED) is 0.782. The minimum atomic E-state index is 0.770. The highest BCUT2D eigenvalue weighted by Crippen LogP contribution is 2.37. The number of allylic oxidation sites excluding steroid dienone is 2. The molecule has 1 aromatic carbocycles. The molecule has 3 nitrogen and oxygen atoms in total. The van der Waals surface area contributed by atoms with E-state index in [1.54, 1.807) is 21.3 Å². The standard InChI is InChI=1S/C13H16O3/c1-14-10-6-4-9-5-7-12(15-2)13(16-3)11(9)8-10/h5-7H,4,8H2,1-3H3. The molecule has 0 fully saturated rings. The Hall–Kier alpha value is -1.64. The van der Waals surface area contributed by atoms with Crippen molar-refractivity contribution in [1.82, 2.24) is 0 Å². The van der Waals surface area contributed by atoms with Crippen LogP contribution in [-0.2, 0) is 17.6 Å². The molecule has 0 amide bonds. The van der Waals surface area contributed by atoms with Gasteiger partial charge in [-0.1, -0.05) is 6.07 Å². The zero-order valence-corrected chi connectivity index (χ0v) is 9.87. The molecule has 0 radical (unpaired) electrons. The van der Waals surface area contributed by atoms with E-state index >= 15 is 0 Å². The molecule has 0 unspecified atom stereocenters. The van der Waals surface area contributed by atoms with Crippen LogP contribution in [0.3, 0.4) is 0 Å². The maximum absolute atomic E-state index is 5.42. The molecular weight excluding hydrogens is 204 g/mol. The van der Waals surface area contributed by atoms with Crippen LogP contribution in [-0.4, -0.2) is 21.3 Å². The largest absolute Gasteiger partial charge is 0.501 e. The fraction of sp³-hybridized carbons (Fsp3) is 0.385. The lowest BCUT2D eigenvalue weighted by molar-refractivity contribution is 0.277. The summed E-state index contributed by atoms with van der Waals surface area (Å²) in [7, 11) is 5.02. The van der Waals surface area contributed by atoms with E-state index in [2.05, 4.69) is 12.1 Å². The highest BCUT2D eigenvalue weighted by molar-refractivity contribution is 5.53. The number of fused-ring (bicyclic) bond motifs is 1. The van der Waals surface area contributed by atoms with Gasteiger partial charge in [0.15, 0.2) is 11.5 Å².